The second-order valence-corrected chi connectivity index (χ2v) is 22.7. The Hall–Kier alpha value is -3.15. The number of allylic oxidation sites excluding steroid dienone is 12. The minimum absolute atomic E-state index is 0.0851. The first-order valence-electron chi connectivity index (χ1n) is 33.9. The van der Waals surface area contributed by atoms with Crippen LogP contribution in [-0.4, -0.2) is 37.2 Å². The van der Waals surface area contributed by atoms with Crippen LogP contribution in [0.15, 0.2) is 72.9 Å². The van der Waals surface area contributed by atoms with E-state index in [1.807, 2.05) is 0 Å². The Labute approximate surface area is 484 Å². The summed E-state index contributed by atoms with van der Waals surface area (Å²) >= 11 is 0. The van der Waals surface area contributed by atoms with Crippen molar-refractivity contribution in [3.8, 4) is 0 Å². The first-order chi connectivity index (χ1) is 38.5. The molecule has 1 unspecified atom stereocenters. The fraction of sp³-hybridized carbons (Fsp3) is 0.792. The number of hydrogen-bond donors (Lipinski definition) is 0. The molecule has 0 aliphatic carbocycles. The number of ether oxygens (including phenoxy) is 3. The summed E-state index contributed by atoms with van der Waals surface area (Å²) in [6.07, 6.45) is 86.4. The van der Waals surface area contributed by atoms with E-state index >= 15 is 0 Å². The van der Waals surface area contributed by atoms with Gasteiger partial charge in [0, 0.05) is 19.3 Å². The highest BCUT2D eigenvalue weighted by atomic mass is 16.6. The van der Waals surface area contributed by atoms with E-state index in [-0.39, 0.29) is 31.1 Å². The van der Waals surface area contributed by atoms with E-state index < -0.39 is 6.10 Å². The third kappa shape index (κ3) is 63.7. The van der Waals surface area contributed by atoms with Crippen molar-refractivity contribution in [3.63, 3.8) is 0 Å². The van der Waals surface area contributed by atoms with Crippen LogP contribution in [0.4, 0.5) is 0 Å². The molecule has 0 aromatic heterocycles. The number of carbonyl (C=O) groups is 3. The molecule has 78 heavy (non-hydrogen) atoms. The Bertz CT molecular complexity index is 1440. The Morgan fingerprint density at radius 1 is 0.269 bits per heavy atom. The summed E-state index contributed by atoms with van der Waals surface area (Å²) < 4.78 is 16.9. The molecule has 452 valence electrons. The molecule has 6 nitrogen and oxygen atoms in total. The van der Waals surface area contributed by atoms with Gasteiger partial charge in [0.2, 0.25) is 0 Å². The summed E-state index contributed by atoms with van der Waals surface area (Å²) in [5, 5.41) is 0. The summed E-state index contributed by atoms with van der Waals surface area (Å²) in [6, 6.07) is 0. The molecule has 0 saturated heterocycles. The van der Waals surface area contributed by atoms with E-state index in [1.165, 1.54) is 212 Å². The third-order valence-electron chi connectivity index (χ3n) is 14.9. The zero-order valence-corrected chi connectivity index (χ0v) is 51.9. The molecule has 0 radical (unpaired) electrons. The summed E-state index contributed by atoms with van der Waals surface area (Å²) in [5.74, 6) is -0.898. The van der Waals surface area contributed by atoms with Crippen molar-refractivity contribution in [2.24, 2.45) is 0 Å². The molecule has 0 fully saturated rings. The van der Waals surface area contributed by atoms with Crippen LogP contribution >= 0.6 is 0 Å². The van der Waals surface area contributed by atoms with Gasteiger partial charge in [-0.2, -0.15) is 0 Å². The third-order valence-corrected chi connectivity index (χ3v) is 14.9. The molecule has 6 heteroatoms. The van der Waals surface area contributed by atoms with E-state index in [9.17, 15) is 14.4 Å². The highest BCUT2D eigenvalue weighted by Gasteiger charge is 2.19. The number of rotatable bonds is 62. The van der Waals surface area contributed by atoms with Gasteiger partial charge in [0.1, 0.15) is 13.2 Å². The molecular formula is C72H128O6. The molecule has 0 spiro atoms. The van der Waals surface area contributed by atoms with E-state index in [2.05, 4.69) is 93.7 Å². The van der Waals surface area contributed by atoms with Gasteiger partial charge < -0.3 is 14.2 Å². The van der Waals surface area contributed by atoms with Crippen LogP contribution in [0, 0.1) is 0 Å². The second kappa shape index (κ2) is 66.4. The van der Waals surface area contributed by atoms with Crippen molar-refractivity contribution in [1.29, 1.82) is 0 Å². The Kier molecular flexibility index (Phi) is 63.7. The Morgan fingerprint density at radius 2 is 0.500 bits per heavy atom. The summed E-state index contributed by atoms with van der Waals surface area (Å²) in [4.78, 5) is 38.4. The molecule has 0 aliphatic heterocycles. The van der Waals surface area contributed by atoms with Gasteiger partial charge in [0.15, 0.2) is 6.10 Å². The lowest BCUT2D eigenvalue weighted by molar-refractivity contribution is -0.167. The fourth-order valence-corrected chi connectivity index (χ4v) is 9.88. The lowest BCUT2D eigenvalue weighted by Crippen LogP contribution is -2.30. The largest absolute Gasteiger partial charge is 0.462 e. The fourth-order valence-electron chi connectivity index (χ4n) is 9.88. The highest BCUT2D eigenvalue weighted by Crippen LogP contribution is 2.17. The maximum atomic E-state index is 12.9. The Balaban J connectivity index is 4.30. The molecule has 0 aromatic carbocycles. The van der Waals surface area contributed by atoms with E-state index in [0.29, 0.717) is 19.3 Å². The van der Waals surface area contributed by atoms with Crippen molar-refractivity contribution in [3.05, 3.63) is 72.9 Å². The monoisotopic (exact) mass is 1090 g/mol. The van der Waals surface area contributed by atoms with E-state index in [0.717, 1.165) is 96.3 Å². The van der Waals surface area contributed by atoms with Crippen LogP contribution in [0.2, 0.25) is 0 Å². The normalized spacial score (nSPS) is 12.5. The van der Waals surface area contributed by atoms with E-state index in [1.54, 1.807) is 0 Å². The molecule has 0 aromatic rings. The van der Waals surface area contributed by atoms with Crippen LogP contribution in [-0.2, 0) is 28.6 Å². The van der Waals surface area contributed by atoms with Gasteiger partial charge >= 0.3 is 17.9 Å². The first kappa shape index (κ1) is 74.8. The molecule has 0 heterocycles. The number of hydrogen-bond acceptors (Lipinski definition) is 6. The molecule has 0 aliphatic rings. The standard InChI is InChI=1S/C72H128O6/c1-4-7-10-13-16-19-22-25-28-30-32-33-34-35-36-37-38-39-41-42-44-47-50-53-56-59-62-65-71(74)77-68-69(67-76-70(73)64-61-58-55-52-49-46-27-24-21-18-15-12-9-6-3)78-72(75)66-63-60-57-54-51-48-45-43-40-31-29-26-23-20-17-14-11-8-5-2/h8,11,17,20,26,29-30,32,40,43,48,51,69H,4-7,9-10,12-16,18-19,21-25,27-28,31,33-39,41-42,44-47,49-50,52-68H2,1-3H3/b11-8-,20-17-,29-26-,32-30-,43-40-,51-48-. The van der Waals surface area contributed by atoms with Gasteiger partial charge in [-0.3, -0.25) is 14.4 Å². The van der Waals surface area contributed by atoms with Crippen molar-refractivity contribution >= 4 is 17.9 Å². The minimum Gasteiger partial charge on any atom is -0.462 e. The minimum atomic E-state index is -0.792. The summed E-state index contributed by atoms with van der Waals surface area (Å²) in [6.45, 7) is 6.55. The molecular weight excluding hydrogens is 961 g/mol. The average molecular weight is 1090 g/mol. The zero-order chi connectivity index (χ0) is 56.4. The van der Waals surface area contributed by atoms with Gasteiger partial charge in [0.25, 0.3) is 0 Å². The van der Waals surface area contributed by atoms with Gasteiger partial charge in [0.05, 0.1) is 0 Å². The molecule has 0 bridgehead atoms. The SMILES string of the molecule is CC/C=C\C/C=C\C/C=C\C/C=C\C/C=C\CCCCCC(=O)OC(COC(=O)CCCCCCCCCCCCCCCC)COC(=O)CCCCCCCCCCCCCCCCC/C=C\CCCCCCCCCC. The molecule has 0 rings (SSSR count). The Morgan fingerprint density at radius 3 is 0.808 bits per heavy atom. The number of esters is 3. The first-order valence-corrected chi connectivity index (χ1v) is 33.9. The van der Waals surface area contributed by atoms with Crippen LogP contribution in [0.25, 0.3) is 0 Å². The van der Waals surface area contributed by atoms with Gasteiger partial charge in [-0.15, -0.1) is 0 Å². The predicted octanol–water partition coefficient (Wildman–Crippen LogP) is 23.3. The average Bonchev–Trinajstić information content (AvgIpc) is 3.44. The molecule has 0 saturated carbocycles. The van der Waals surface area contributed by atoms with E-state index in [4.69, 9.17) is 14.2 Å². The zero-order valence-electron chi connectivity index (χ0n) is 51.9. The topological polar surface area (TPSA) is 78.9 Å². The quantitative estimate of drug-likeness (QED) is 0.0261. The van der Waals surface area contributed by atoms with Gasteiger partial charge in [-0.25, -0.2) is 0 Å². The van der Waals surface area contributed by atoms with Crippen molar-refractivity contribution in [2.45, 2.75) is 354 Å². The summed E-state index contributed by atoms with van der Waals surface area (Å²) in [5.41, 5.74) is 0. The maximum absolute atomic E-state index is 12.9. The molecule has 1 atom stereocenters. The molecule has 0 amide bonds. The lowest BCUT2D eigenvalue weighted by atomic mass is 10.0. The van der Waals surface area contributed by atoms with Crippen LogP contribution in [0.5, 0.6) is 0 Å². The molecule has 0 N–H and O–H groups in total. The van der Waals surface area contributed by atoms with Gasteiger partial charge in [-0.05, 0) is 89.9 Å². The van der Waals surface area contributed by atoms with Gasteiger partial charge in [-0.1, -0.05) is 312 Å². The predicted molar refractivity (Wildman–Crippen MR) is 339 cm³/mol. The summed E-state index contributed by atoms with van der Waals surface area (Å²) in [7, 11) is 0. The van der Waals surface area contributed by atoms with Crippen LogP contribution in [0.3, 0.4) is 0 Å². The van der Waals surface area contributed by atoms with Crippen molar-refractivity contribution in [2.75, 3.05) is 13.2 Å². The van der Waals surface area contributed by atoms with Crippen LogP contribution in [0.1, 0.15) is 348 Å². The number of unbranched alkanes of at least 4 members (excludes halogenated alkanes) is 39. The smallest absolute Gasteiger partial charge is 0.306 e. The van der Waals surface area contributed by atoms with Crippen LogP contribution < -0.4 is 0 Å². The van der Waals surface area contributed by atoms with Crippen molar-refractivity contribution in [1.82, 2.24) is 0 Å². The number of carbonyl (C=O) groups excluding carboxylic acids is 3. The van der Waals surface area contributed by atoms with Crippen molar-refractivity contribution < 1.29 is 28.6 Å². The highest BCUT2D eigenvalue weighted by molar-refractivity contribution is 5.71. The maximum Gasteiger partial charge on any atom is 0.306 e. The lowest BCUT2D eigenvalue weighted by Gasteiger charge is -2.18. The second-order valence-electron chi connectivity index (χ2n) is 22.7.